The zero-order chi connectivity index (χ0) is 12.4. The minimum atomic E-state index is 0.0220. The number of esters is 1. The maximum atomic E-state index is 12.1. The zero-order valence-electron chi connectivity index (χ0n) is 11.2. The maximum absolute atomic E-state index is 12.1. The topological polar surface area (TPSA) is 38.3 Å². The third-order valence-corrected chi connectivity index (χ3v) is 4.24. The van der Waals surface area contributed by atoms with E-state index in [0.717, 1.165) is 25.9 Å². The molecule has 1 heterocycles. The Morgan fingerprint density at radius 3 is 2.24 bits per heavy atom. The fourth-order valence-corrected chi connectivity index (χ4v) is 3.35. The van der Waals surface area contributed by atoms with E-state index < -0.39 is 0 Å². The van der Waals surface area contributed by atoms with Gasteiger partial charge in [-0.2, -0.15) is 0 Å². The highest BCUT2D eigenvalue weighted by molar-refractivity contribution is 5.73. The quantitative estimate of drug-likeness (QED) is 0.751. The maximum Gasteiger partial charge on any atom is 0.310 e. The zero-order valence-corrected chi connectivity index (χ0v) is 11.2. The highest BCUT2D eigenvalue weighted by Crippen LogP contribution is 2.31. The summed E-state index contributed by atoms with van der Waals surface area (Å²) in [7, 11) is 0. The van der Waals surface area contributed by atoms with Crippen molar-refractivity contribution in [2.24, 2.45) is 23.7 Å². The standard InChI is InChI=1S/C14H25NO2/c1-9-4-10(2)6-12(5-9)17-14(16)13-8-15-7-11(13)3/h9-13,15H,4-8H2,1-3H3. The van der Waals surface area contributed by atoms with Gasteiger partial charge in [-0.3, -0.25) is 4.79 Å². The molecule has 3 heteroatoms. The first-order chi connectivity index (χ1) is 8.06. The van der Waals surface area contributed by atoms with Crippen LogP contribution in [0, 0.1) is 23.7 Å². The van der Waals surface area contributed by atoms with Crippen LogP contribution >= 0.6 is 0 Å². The van der Waals surface area contributed by atoms with Gasteiger partial charge in [0.05, 0.1) is 5.92 Å². The second-order valence-electron chi connectivity index (χ2n) is 6.22. The van der Waals surface area contributed by atoms with Gasteiger partial charge >= 0.3 is 5.97 Å². The minimum absolute atomic E-state index is 0.0220. The summed E-state index contributed by atoms with van der Waals surface area (Å²) >= 11 is 0. The molecule has 1 aliphatic heterocycles. The molecule has 0 spiro atoms. The van der Waals surface area contributed by atoms with Gasteiger partial charge in [0.15, 0.2) is 0 Å². The smallest absolute Gasteiger partial charge is 0.310 e. The number of ether oxygens (including phenoxy) is 1. The van der Waals surface area contributed by atoms with Gasteiger partial charge in [-0.15, -0.1) is 0 Å². The van der Waals surface area contributed by atoms with Crippen molar-refractivity contribution in [1.29, 1.82) is 0 Å². The third kappa shape index (κ3) is 3.21. The van der Waals surface area contributed by atoms with E-state index in [0.29, 0.717) is 17.8 Å². The first-order valence-corrected chi connectivity index (χ1v) is 6.97. The Morgan fingerprint density at radius 1 is 1.06 bits per heavy atom. The molecular weight excluding hydrogens is 214 g/mol. The van der Waals surface area contributed by atoms with Crippen molar-refractivity contribution < 1.29 is 9.53 Å². The van der Waals surface area contributed by atoms with Gasteiger partial charge in [0.2, 0.25) is 0 Å². The average molecular weight is 239 g/mol. The number of nitrogens with one attached hydrogen (secondary N) is 1. The van der Waals surface area contributed by atoms with Crippen LogP contribution in [0.15, 0.2) is 0 Å². The summed E-state index contributed by atoms with van der Waals surface area (Å²) in [4.78, 5) is 12.1. The van der Waals surface area contributed by atoms with Gasteiger partial charge in [-0.05, 0) is 43.6 Å². The largest absolute Gasteiger partial charge is 0.462 e. The van der Waals surface area contributed by atoms with Crippen molar-refractivity contribution in [2.45, 2.75) is 46.1 Å². The van der Waals surface area contributed by atoms with Crippen molar-refractivity contribution in [2.75, 3.05) is 13.1 Å². The normalized spacial score (nSPS) is 42.4. The van der Waals surface area contributed by atoms with Gasteiger partial charge in [0.1, 0.15) is 6.10 Å². The summed E-state index contributed by atoms with van der Waals surface area (Å²) in [6.07, 6.45) is 3.53. The molecule has 2 aliphatic rings. The van der Waals surface area contributed by atoms with Crippen LogP contribution in [0.1, 0.15) is 40.0 Å². The molecule has 17 heavy (non-hydrogen) atoms. The van der Waals surface area contributed by atoms with E-state index in [1.165, 1.54) is 6.42 Å². The molecule has 1 aliphatic carbocycles. The van der Waals surface area contributed by atoms with E-state index in [-0.39, 0.29) is 18.0 Å². The summed E-state index contributed by atoms with van der Waals surface area (Å²) < 4.78 is 5.71. The Hall–Kier alpha value is -0.570. The highest BCUT2D eigenvalue weighted by Gasteiger charge is 2.34. The predicted octanol–water partition coefficient (Wildman–Crippen LogP) is 2.21. The fourth-order valence-electron chi connectivity index (χ4n) is 3.35. The van der Waals surface area contributed by atoms with E-state index in [9.17, 15) is 4.79 Å². The van der Waals surface area contributed by atoms with Crippen molar-refractivity contribution in [3.8, 4) is 0 Å². The van der Waals surface area contributed by atoms with E-state index in [1.807, 2.05) is 0 Å². The monoisotopic (exact) mass is 239 g/mol. The average Bonchev–Trinajstić information content (AvgIpc) is 2.62. The summed E-state index contributed by atoms with van der Waals surface area (Å²) in [5.74, 6) is 1.89. The molecule has 0 radical (unpaired) electrons. The van der Waals surface area contributed by atoms with Crippen molar-refractivity contribution in [3.63, 3.8) is 0 Å². The summed E-state index contributed by atoms with van der Waals surface area (Å²) in [6, 6.07) is 0. The molecule has 2 fully saturated rings. The molecule has 1 saturated heterocycles. The molecule has 3 nitrogen and oxygen atoms in total. The van der Waals surface area contributed by atoms with Crippen LogP contribution in [-0.4, -0.2) is 25.2 Å². The summed E-state index contributed by atoms with van der Waals surface area (Å²) in [5.41, 5.74) is 0. The Labute approximate surface area is 104 Å². The van der Waals surface area contributed by atoms with Crippen LogP contribution in [0.25, 0.3) is 0 Å². The number of rotatable bonds is 2. The molecular formula is C14H25NO2. The van der Waals surface area contributed by atoms with Gasteiger partial charge in [-0.1, -0.05) is 20.8 Å². The van der Waals surface area contributed by atoms with Crippen molar-refractivity contribution in [1.82, 2.24) is 5.32 Å². The van der Waals surface area contributed by atoms with Gasteiger partial charge in [0, 0.05) is 6.54 Å². The number of hydrogen-bond donors (Lipinski definition) is 1. The van der Waals surface area contributed by atoms with E-state index in [1.54, 1.807) is 0 Å². The lowest BCUT2D eigenvalue weighted by atomic mass is 9.81. The first kappa shape index (κ1) is 12.9. The Morgan fingerprint density at radius 2 is 1.71 bits per heavy atom. The molecule has 0 aromatic rings. The number of carbonyl (C=O) groups is 1. The third-order valence-electron chi connectivity index (χ3n) is 4.24. The summed E-state index contributed by atoms with van der Waals surface area (Å²) in [6.45, 7) is 8.37. The fraction of sp³-hybridized carbons (Fsp3) is 0.929. The molecule has 0 aromatic heterocycles. The summed E-state index contributed by atoms with van der Waals surface area (Å²) in [5, 5.41) is 3.26. The lowest BCUT2D eigenvalue weighted by molar-refractivity contribution is -0.157. The van der Waals surface area contributed by atoms with Gasteiger partial charge < -0.3 is 10.1 Å². The first-order valence-electron chi connectivity index (χ1n) is 6.97. The molecule has 4 unspecified atom stereocenters. The molecule has 1 N–H and O–H groups in total. The lowest BCUT2D eigenvalue weighted by Crippen LogP contribution is -2.32. The van der Waals surface area contributed by atoms with Crippen LogP contribution < -0.4 is 5.32 Å². The van der Waals surface area contributed by atoms with Gasteiger partial charge in [0.25, 0.3) is 0 Å². The van der Waals surface area contributed by atoms with Crippen LogP contribution in [0.2, 0.25) is 0 Å². The molecule has 2 rings (SSSR count). The molecule has 98 valence electrons. The number of hydrogen-bond acceptors (Lipinski definition) is 3. The Bertz CT molecular complexity index is 269. The van der Waals surface area contributed by atoms with E-state index in [2.05, 4.69) is 26.1 Å². The molecule has 0 aromatic carbocycles. The molecule has 4 atom stereocenters. The molecule has 0 bridgehead atoms. The Kier molecular flexibility index (Phi) is 4.08. The van der Waals surface area contributed by atoms with Crippen molar-refractivity contribution >= 4 is 5.97 Å². The number of carbonyl (C=O) groups excluding carboxylic acids is 1. The van der Waals surface area contributed by atoms with Crippen LogP contribution in [0.5, 0.6) is 0 Å². The lowest BCUT2D eigenvalue weighted by Gasteiger charge is -2.31. The predicted molar refractivity (Wildman–Crippen MR) is 67.6 cm³/mol. The SMILES string of the molecule is CC1CC(C)CC(OC(=O)C2CNCC2C)C1. The van der Waals surface area contributed by atoms with E-state index in [4.69, 9.17) is 4.74 Å². The van der Waals surface area contributed by atoms with E-state index >= 15 is 0 Å². The molecule has 0 amide bonds. The van der Waals surface area contributed by atoms with Crippen molar-refractivity contribution in [3.05, 3.63) is 0 Å². The van der Waals surface area contributed by atoms with Gasteiger partial charge in [-0.25, -0.2) is 0 Å². The highest BCUT2D eigenvalue weighted by atomic mass is 16.5. The Balaban J connectivity index is 1.85. The van der Waals surface area contributed by atoms with Crippen LogP contribution in [0.3, 0.4) is 0 Å². The minimum Gasteiger partial charge on any atom is -0.462 e. The second-order valence-corrected chi connectivity index (χ2v) is 6.22. The van der Waals surface area contributed by atoms with Crippen LogP contribution in [0.4, 0.5) is 0 Å². The molecule has 1 saturated carbocycles. The second kappa shape index (κ2) is 5.38. The van der Waals surface area contributed by atoms with Crippen LogP contribution in [-0.2, 0) is 9.53 Å².